The number of carbonyl (C=O) groups is 1. The standard InChI is InChI=1S/C23H29N5O3/c1-3-5-16-31-19-8-6-18(7-9-19)20-17-21-22(24-10-11-28(21)25-20)26-12-14-27(15-13-26)23(29)30-4-2/h6-11,17H,3-5,12-16H2,1-2H3. The number of rotatable bonds is 7. The fraction of sp³-hybridized carbons (Fsp3) is 0.435. The third kappa shape index (κ3) is 4.73. The quantitative estimate of drug-likeness (QED) is 0.538. The molecule has 1 fully saturated rings. The molecule has 8 heteroatoms. The number of hydrogen-bond donors (Lipinski definition) is 0. The number of amides is 1. The molecule has 0 bridgehead atoms. The van der Waals surface area contributed by atoms with E-state index < -0.39 is 0 Å². The first kappa shape index (κ1) is 21.0. The minimum atomic E-state index is -0.248. The maximum Gasteiger partial charge on any atom is 0.409 e. The van der Waals surface area contributed by atoms with E-state index in [1.165, 1.54) is 0 Å². The van der Waals surface area contributed by atoms with Gasteiger partial charge in [0.1, 0.15) is 11.3 Å². The molecule has 0 radical (unpaired) electrons. The number of fused-ring (bicyclic) bond motifs is 1. The molecule has 3 heterocycles. The predicted molar refractivity (Wildman–Crippen MR) is 120 cm³/mol. The Hall–Kier alpha value is -3.29. The lowest BCUT2D eigenvalue weighted by molar-refractivity contribution is 0.105. The van der Waals surface area contributed by atoms with E-state index in [0.29, 0.717) is 32.8 Å². The minimum absolute atomic E-state index is 0.248. The molecule has 8 nitrogen and oxygen atoms in total. The van der Waals surface area contributed by atoms with Crippen LogP contribution in [0.4, 0.5) is 10.6 Å². The summed E-state index contributed by atoms with van der Waals surface area (Å²) in [7, 11) is 0. The van der Waals surface area contributed by atoms with E-state index in [4.69, 9.17) is 14.6 Å². The zero-order chi connectivity index (χ0) is 21.6. The number of aromatic nitrogens is 3. The van der Waals surface area contributed by atoms with Gasteiger partial charge in [0.15, 0.2) is 5.82 Å². The number of nitrogens with zero attached hydrogens (tertiary/aromatic N) is 5. The van der Waals surface area contributed by atoms with Crippen molar-refractivity contribution in [3.8, 4) is 17.0 Å². The van der Waals surface area contributed by atoms with Gasteiger partial charge in [0.25, 0.3) is 0 Å². The first-order valence-corrected chi connectivity index (χ1v) is 10.9. The number of hydrogen-bond acceptors (Lipinski definition) is 6. The highest BCUT2D eigenvalue weighted by Gasteiger charge is 2.24. The van der Waals surface area contributed by atoms with Crippen LogP contribution in [0, 0.1) is 0 Å². The molecule has 0 saturated carbocycles. The molecule has 0 aliphatic carbocycles. The molecule has 2 aromatic heterocycles. The summed E-state index contributed by atoms with van der Waals surface area (Å²) in [5.41, 5.74) is 2.87. The first-order valence-electron chi connectivity index (χ1n) is 10.9. The summed E-state index contributed by atoms with van der Waals surface area (Å²) < 4.78 is 12.7. The molecular formula is C23H29N5O3. The Labute approximate surface area is 182 Å². The summed E-state index contributed by atoms with van der Waals surface area (Å²) in [5, 5.41) is 4.74. The summed E-state index contributed by atoms with van der Waals surface area (Å²) in [6.07, 6.45) is 5.55. The Morgan fingerprint density at radius 2 is 1.87 bits per heavy atom. The number of carbonyl (C=O) groups excluding carboxylic acids is 1. The van der Waals surface area contributed by atoms with Crippen molar-refractivity contribution in [2.24, 2.45) is 0 Å². The van der Waals surface area contributed by atoms with Gasteiger partial charge in [-0.15, -0.1) is 0 Å². The van der Waals surface area contributed by atoms with Gasteiger partial charge in [-0.05, 0) is 43.7 Å². The Balaban J connectivity index is 1.49. The van der Waals surface area contributed by atoms with Crippen molar-refractivity contribution in [3.63, 3.8) is 0 Å². The summed E-state index contributed by atoms with van der Waals surface area (Å²) in [5.74, 6) is 1.76. The van der Waals surface area contributed by atoms with E-state index in [2.05, 4.69) is 22.9 Å². The van der Waals surface area contributed by atoms with Crippen LogP contribution in [0.25, 0.3) is 16.8 Å². The number of unbranched alkanes of at least 4 members (excludes halogenated alkanes) is 1. The molecule has 1 aromatic carbocycles. The average Bonchev–Trinajstić information content (AvgIpc) is 3.24. The van der Waals surface area contributed by atoms with Crippen LogP contribution in [0.5, 0.6) is 5.75 Å². The Bertz CT molecular complexity index is 1010. The van der Waals surface area contributed by atoms with Crippen molar-refractivity contribution in [1.29, 1.82) is 0 Å². The van der Waals surface area contributed by atoms with Crippen molar-refractivity contribution in [2.75, 3.05) is 44.3 Å². The van der Waals surface area contributed by atoms with Crippen LogP contribution in [-0.4, -0.2) is 65.0 Å². The van der Waals surface area contributed by atoms with Crippen LogP contribution in [0.15, 0.2) is 42.7 Å². The SMILES string of the molecule is CCCCOc1ccc(-c2cc3c(N4CCN(C(=O)OCC)CC4)nccn3n2)cc1. The van der Waals surface area contributed by atoms with E-state index in [-0.39, 0.29) is 6.09 Å². The molecular weight excluding hydrogens is 394 g/mol. The maximum absolute atomic E-state index is 12.0. The van der Waals surface area contributed by atoms with Gasteiger partial charge in [-0.25, -0.2) is 14.3 Å². The van der Waals surface area contributed by atoms with Crippen LogP contribution in [0.1, 0.15) is 26.7 Å². The highest BCUT2D eigenvalue weighted by atomic mass is 16.6. The predicted octanol–water partition coefficient (Wildman–Crippen LogP) is 3.85. The zero-order valence-corrected chi connectivity index (χ0v) is 18.2. The van der Waals surface area contributed by atoms with Crippen LogP contribution in [-0.2, 0) is 4.74 Å². The van der Waals surface area contributed by atoms with E-state index in [1.807, 2.05) is 41.9 Å². The summed E-state index contributed by atoms with van der Waals surface area (Å²) in [6.45, 7) is 7.74. The summed E-state index contributed by atoms with van der Waals surface area (Å²) >= 11 is 0. The second-order valence-corrected chi connectivity index (χ2v) is 7.51. The first-order chi connectivity index (χ1) is 15.2. The Kier molecular flexibility index (Phi) is 6.54. The van der Waals surface area contributed by atoms with Gasteiger partial charge in [0, 0.05) is 44.1 Å². The molecule has 3 aromatic rings. The summed E-state index contributed by atoms with van der Waals surface area (Å²) in [6, 6.07) is 10.1. The van der Waals surface area contributed by atoms with Crippen LogP contribution < -0.4 is 9.64 Å². The molecule has 0 spiro atoms. The number of anilines is 1. The fourth-order valence-electron chi connectivity index (χ4n) is 3.66. The van der Waals surface area contributed by atoms with Crippen molar-refractivity contribution >= 4 is 17.4 Å². The van der Waals surface area contributed by atoms with Crippen LogP contribution in [0.2, 0.25) is 0 Å². The third-order valence-corrected chi connectivity index (χ3v) is 5.39. The number of benzene rings is 1. The van der Waals surface area contributed by atoms with Gasteiger partial charge in [-0.3, -0.25) is 0 Å². The number of piperazine rings is 1. The average molecular weight is 424 g/mol. The topological polar surface area (TPSA) is 72.2 Å². The van der Waals surface area contributed by atoms with Gasteiger partial charge < -0.3 is 19.3 Å². The molecule has 0 N–H and O–H groups in total. The van der Waals surface area contributed by atoms with E-state index in [0.717, 1.165) is 47.8 Å². The molecule has 1 aliphatic heterocycles. The Morgan fingerprint density at radius 1 is 1.10 bits per heavy atom. The molecule has 1 aliphatic rings. The molecule has 1 amide bonds. The van der Waals surface area contributed by atoms with Gasteiger partial charge in [-0.2, -0.15) is 5.10 Å². The van der Waals surface area contributed by atoms with Gasteiger partial charge in [0.2, 0.25) is 0 Å². The van der Waals surface area contributed by atoms with Gasteiger partial charge >= 0.3 is 6.09 Å². The van der Waals surface area contributed by atoms with Crippen molar-refractivity contribution in [1.82, 2.24) is 19.5 Å². The number of ether oxygens (including phenoxy) is 2. The summed E-state index contributed by atoms with van der Waals surface area (Å²) in [4.78, 5) is 20.5. The molecule has 31 heavy (non-hydrogen) atoms. The van der Waals surface area contributed by atoms with Crippen molar-refractivity contribution < 1.29 is 14.3 Å². The highest BCUT2D eigenvalue weighted by Crippen LogP contribution is 2.27. The normalized spacial score (nSPS) is 14.1. The maximum atomic E-state index is 12.0. The highest BCUT2D eigenvalue weighted by molar-refractivity contribution is 5.76. The van der Waals surface area contributed by atoms with Crippen LogP contribution in [0.3, 0.4) is 0 Å². The molecule has 0 unspecified atom stereocenters. The lowest BCUT2D eigenvalue weighted by Crippen LogP contribution is -2.49. The molecule has 4 rings (SSSR count). The fourth-order valence-corrected chi connectivity index (χ4v) is 3.66. The van der Waals surface area contributed by atoms with Crippen molar-refractivity contribution in [3.05, 3.63) is 42.7 Å². The lowest BCUT2D eigenvalue weighted by Gasteiger charge is -2.34. The second kappa shape index (κ2) is 9.68. The monoisotopic (exact) mass is 423 g/mol. The van der Waals surface area contributed by atoms with Crippen LogP contribution >= 0.6 is 0 Å². The molecule has 164 valence electrons. The van der Waals surface area contributed by atoms with E-state index >= 15 is 0 Å². The zero-order valence-electron chi connectivity index (χ0n) is 18.2. The van der Waals surface area contributed by atoms with Gasteiger partial charge in [0.05, 0.1) is 18.9 Å². The lowest BCUT2D eigenvalue weighted by atomic mass is 10.1. The van der Waals surface area contributed by atoms with Gasteiger partial charge in [-0.1, -0.05) is 13.3 Å². The second-order valence-electron chi connectivity index (χ2n) is 7.51. The Morgan fingerprint density at radius 3 is 2.58 bits per heavy atom. The largest absolute Gasteiger partial charge is 0.494 e. The van der Waals surface area contributed by atoms with Crippen molar-refractivity contribution in [2.45, 2.75) is 26.7 Å². The minimum Gasteiger partial charge on any atom is -0.494 e. The molecule has 1 saturated heterocycles. The van der Waals surface area contributed by atoms with E-state index in [9.17, 15) is 4.79 Å². The third-order valence-electron chi connectivity index (χ3n) is 5.39. The van der Waals surface area contributed by atoms with E-state index in [1.54, 1.807) is 11.1 Å². The molecule has 0 atom stereocenters. The smallest absolute Gasteiger partial charge is 0.409 e.